The third-order valence-corrected chi connectivity index (χ3v) is 9.32. The highest BCUT2D eigenvalue weighted by Gasteiger charge is 2.39. The van der Waals surface area contributed by atoms with Crippen LogP contribution in [0.4, 0.5) is 5.69 Å². The van der Waals surface area contributed by atoms with Crippen molar-refractivity contribution in [2.45, 2.75) is 91.5 Å². The molecule has 0 spiro atoms. The van der Waals surface area contributed by atoms with Crippen LogP contribution in [-0.2, 0) is 4.79 Å². The predicted molar refractivity (Wildman–Crippen MR) is 165 cm³/mol. The molecule has 0 aliphatic heterocycles. The number of amides is 2. The number of nitrogens with one attached hydrogen (secondary N) is 3. The summed E-state index contributed by atoms with van der Waals surface area (Å²) >= 11 is 0. The van der Waals surface area contributed by atoms with Gasteiger partial charge in [0, 0.05) is 45.4 Å². The molecule has 3 N–H and O–H groups in total. The minimum Gasteiger partial charge on any atom is -0.361 e. The molecule has 2 amide bonds. The Hall–Kier alpha value is -3.08. The van der Waals surface area contributed by atoms with Gasteiger partial charge in [-0.15, -0.1) is 0 Å². The number of benzene rings is 2. The van der Waals surface area contributed by atoms with E-state index in [1.165, 1.54) is 12.8 Å². The van der Waals surface area contributed by atoms with E-state index in [9.17, 15) is 9.59 Å². The molecule has 214 valence electrons. The van der Waals surface area contributed by atoms with Crippen molar-refractivity contribution in [1.82, 2.24) is 10.3 Å². The van der Waals surface area contributed by atoms with Crippen LogP contribution in [0.15, 0.2) is 48.7 Å². The highest BCUT2D eigenvalue weighted by Crippen LogP contribution is 2.40. The molecule has 0 bridgehead atoms. The van der Waals surface area contributed by atoms with Crippen LogP contribution in [0.1, 0.15) is 96.3 Å². The van der Waals surface area contributed by atoms with Gasteiger partial charge in [0.2, 0.25) is 5.91 Å². The summed E-state index contributed by atoms with van der Waals surface area (Å²) in [6.07, 6.45) is 10.8. The molecule has 5 nitrogen and oxygen atoms in total. The highest BCUT2D eigenvalue weighted by molar-refractivity contribution is 6.03. The van der Waals surface area contributed by atoms with Crippen molar-refractivity contribution in [3.63, 3.8) is 0 Å². The van der Waals surface area contributed by atoms with E-state index in [-0.39, 0.29) is 23.3 Å². The summed E-state index contributed by atoms with van der Waals surface area (Å²) in [4.78, 5) is 29.9. The van der Waals surface area contributed by atoms with Gasteiger partial charge in [0.15, 0.2) is 0 Å². The number of anilines is 1. The molecule has 4 unspecified atom stereocenters. The van der Waals surface area contributed by atoms with Crippen molar-refractivity contribution in [2.75, 3.05) is 5.32 Å². The minimum atomic E-state index is -0.145. The Morgan fingerprint density at radius 3 is 2.35 bits per heavy atom. The average molecular weight is 542 g/mol. The molecule has 0 radical (unpaired) electrons. The molecule has 5 rings (SSSR count). The van der Waals surface area contributed by atoms with Gasteiger partial charge in [0.25, 0.3) is 5.91 Å². The van der Waals surface area contributed by atoms with Gasteiger partial charge < -0.3 is 15.6 Å². The Kier molecular flexibility index (Phi) is 8.39. The maximum atomic E-state index is 13.7. The van der Waals surface area contributed by atoms with Crippen LogP contribution in [0, 0.1) is 29.6 Å². The number of hydrogen-bond acceptors (Lipinski definition) is 2. The van der Waals surface area contributed by atoms with E-state index in [0.717, 1.165) is 66.2 Å². The topological polar surface area (TPSA) is 74.0 Å². The van der Waals surface area contributed by atoms with E-state index in [4.69, 9.17) is 0 Å². The molecular formula is C35H47N3O2. The Morgan fingerprint density at radius 1 is 0.975 bits per heavy atom. The van der Waals surface area contributed by atoms with Gasteiger partial charge in [0.1, 0.15) is 0 Å². The van der Waals surface area contributed by atoms with Crippen LogP contribution in [0.25, 0.3) is 22.0 Å². The molecular weight excluding hydrogens is 494 g/mol. The van der Waals surface area contributed by atoms with Crippen molar-refractivity contribution in [3.05, 3.63) is 54.2 Å². The fourth-order valence-electron chi connectivity index (χ4n) is 7.86. The molecule has 1 aromatic heterocycles. The van der Waals surface area contributed by atoms with Crippen LogP contribution in [-0.4, -0.2) is 22.3 Å². The van der Waals surface area contributed by atoms with Gasteiger partial charge in [0.05, 0.1) is 0 Å². The highest BCUT2D eigenvalue weighted by atomic mass is 16.2. The lowest BCUT2D eigenvalue weighted by Crippen LogP contribution is -2.53. The SMILES string of the molecule is CC(C)CC1(NC(=O)c2ccc3[nH]cc(-c4ccc(NC(=O)C5CCCCC5C)cc4)c3c2)CC(C)CC(C)C1. The maximum absolute atomic E-state index is 13.7. The van der Waals surface area contributed by atoms with Crippen LogP contribution in [0.5, 0.6) is 0 Å². The lowest BCUT2D eigenvalue weighted by molar-refractivity contribution is -0.122. The average Bonchev–Trinajstić information content (AvgIpc) is 3.31. The van der Waals surface area contributed by atoms with Gasteiger partial charge in [-0.2, -0.15) is 0 Å². The number of aromatic amines is 1. The molecule has 0 saturated heterocycles. The second-order valence-electron chi connectivity index (χ2n) is 13.6. The molecule has 3 aromatic rings. The second kappa shape index (κ2) is 11.8. The lowest BCUT2D eigenvalue weighted by Gasteiger charge is -2.44. The largest absolute Gasteiger partial charge is 0.361 e. The van der Waals surface area contributed by atoms with Crippen molar-refractivity contribution in [2.24, 2.45) is 29.6 Å². The monoisotopic (exact) mass is 541 g/mol. The Morgan fingerprint density at radius 2 is 1.68 bits per heavy atom. The lowest BCUT2D eigenvalue weighted by atomic mass is 9.68. The van der Waals surface area contributed by atoms with Crippen LogP contribution < -0.4 is 10.6 Å². The minimum absolute atomic E-state index is 0.0194. The van der Waals surface area contributed by atoms with E-state index < -0.39 is 0 Å². The fourth-order valence-corrected chi connectivity index (χ4v) is 7.86. The standard InChI is InChI=1S/C35H47N3O2/c1-22(2)18-35(19-23(3)16-24(4)20-35)38-33(39)27-12-15-32-30(17-27)31(21-36-32)26-10-13-28(14-11-26)37-34(40)29-9-7-6-8-25(29)5/h10-15,17,21-25,29,36H,6-9,16,18-20H2,1-5H3,(H,37,40)(H,38,39). The van der Waals surface area contributed by atoms with Crippen LogP contribution >= 0.6 is 0 Å². The number of aromatic nitrogens is 1. The van der Waals surface area contributed by atoms with Crippen LogP contribution in [0.3, 0.4) is 0 Å². The first kappa shape index (κ1) is 28.4. The summed E-state index contributed by atoms with van der Waals surface area (Å²) in [5, 5.41) is 7.69. The first-order valence-electron chi connectivity index (χ1n) is 15.5. The van der Waals surface area contributed by atoms with E-state index in [1.54, 1.807) is 0 Å². The number of rotatable bonds is 7. The quantitative estimate of drug-likeness (QED) is 0.280. The molecule has 2 fully saturated rings. The Labute approximate surface area is 239 Å². The number of carbonyl (C=O) groups excluding carboxylic acids is 2. The van der Waals surface area contributed by atoms with Gasteiger partial charge in [-0.05, 0) is 98.1 Å². The van der Waals surface area contributed by atoms with E-state index in [2.05, 4.69) is 62.4 Å². The molecule has 40 heavy (non-hydrogen) atoms. The maximum Gasteiger partial charge on any atom is 0.251 e. The Balaban J connectivity index is 1.34. The number of hydrogen-bond donors (Lipinski definition) is 3. The van der Waals surface area contributed by atoms with E-state index in [1.807, 2.05) is 36.5 Å². The zero-order valence-electron chi connectivity index (χ0n) is 25.0. The summed E-state index contributed by atoms with van der Waals surface area (Å²) in [5.74, 6) is 2.45. The Bertz CT molecular complexity index is 1320. The molecule has 2 aliphatic carbocycles. The van der Waals surface area contributed by atoms with Crippen molar-refractivity contribution < 1.29 is 9.59 Å². The molecule has 1 heterocycles. The van der Waals surface area contributed by atoms with Gasteiger partial charge >= 0.3 is 0 Å². The van der Waals surface area contributed by atoms with Crippen molar-refractivity contribution >= 4 is 28.4 Å². The normalized spacial score (nSPS) is 27.1. The molecule has 2 aliphatic rings. The molecule has 2 aromatic carbocycles. The van der Waals surface area contributed by atoms with Crippen LogP contribution in [0.2, 0.25) is 0 Å². The smallest absolute Gasteiger partial charge is 0.251 e. The third-order valence-electron chi connectivity index (χ3n) is 9.32. The van der Waals surface area contributed by atoms with E-state index in [0.29, 0.717) is 29.2 Å². The summed E-state index contributed by atoms with van der Waals surface area (Å²) < 4.78 is 0. The predicted octanol–water partition coefficient (Wildman–Crippen LogP) is 8.57. The van der Waals surface area contributed by atoms with Crippen molar-refractivity contribution in [3.8, 4) is 11.1 Å². The fraction of sp³-hybridized carbons (Fsp3) is 0.543. The molecule has 2 saturated carbocycles. The summed E-state index contributed by atoms with van der Waals surface area (Å²) in [6, 6.07) is 14.0. The number of carbonyl (C=O) groups is 2. The summed E-state index contributed by atoms with van der Waals surface area (Å²) in [7, 11) is 0. The first-order chi connectivity index (χ1) is 19.1. The molecule has 4 atom stereocenters. The number of H-pyrrole nitrogens is 1. The first-order valence-corrected chi connectivity index (χ1v) is 15.5. The number of fused-ring (bicyclic) bond motifs is 1. The molecule has 5 heteroatoms. The second-order valence-corrected chi connectivity index (χ2v) is 13.6. The van der Waals surface area contributed by atoms with Crippen molar-refractivity contribution in [1.29, 1.82) is 0 Å². The van der Waals surface area contributed by atoms with Gasteiger partial charge in [-0.1, -0.05) is 59.6 Å². The third kappa shape index (κ3) is 6.29. The summed E-state index contributed by atoms with van der Waals surface area (Å²) in [6.45, 7) is 11.3. The van der Waals surface area contributed by atoms with E-state index >= 15 is 0 Å². The van der Waals surface area contributed by atoms with Gasteiger partial charge in [-0.3, -0.25) is 9.59 Å². The summed E-state index contributed by atoms with van der Waals surface area (Å²) in [5.41, 5.74) is 4.51. The van der Waals surface area contributed by atoms with Gasteiger partial charge in [-0.25, -0.2) is 0 Å². The zero-order valence-corrected chi connectivity index (χ0v) is 25.0. The zero-order chi connectivity index (χ0) is 28.4.